The van der Waals surface area contributed by atoms with Crippen LogP contribution in [0, 0.1) is 17.5 Å². The number of nitrogens with one attached hydrogen (secondary N) is 1. The van der Waals surface area contributed by atoms with Crippen LogP contribution in [0.3, 0.4) is 0 Å². The molecule has 1 aromatic carbocycles. The Morgan fingerprint density at radius 3 is 1.37 bits per heavy atom. The van der Waals surface area contributed by atoms with Crippen molar-refractivity contribution in [1.82, 2.24) is 5.32 Å². The highest BCUT2D eigenvalue weighted by Gasteiger charge is 2.10. The predicted molar refractivity (Wildman–Crippen MR) is 150 cm³/mol. The summed E-state index contributed by atoms with van der Waals surface area (Å²) in [5.41, 5.74) is 0. The molecular weight excluding hydrogens is 547 g/mol. The Kier molecular flexibility index (Phi) is 29.8. The van der Waals surface area contributed by atoms with Crippen molar-refractivity contribution in [3.8, 4) is 5.75 Å². The van der Waals surface area contributed by atoms with Gasteiger partial charge in [0.2, 0.25) is 0 Å². The van der Waals surface area contributed by atoms with Crippen LogP contribution in [0.15, 0.2) is 12.1 Å². The molecule has 1 N–H and O–H groups in total. The minimum Gasteiger partial charge on any atom is -0.491 e. The number of carbonyl (C=O) groups excluding carboxylic acids is 1. The summed E-state index contributed by atoms with van der Waals surface area (Å²) in [4.78, 5) is 10.2. The summed E-state index contributed by atoms with van der Waals surface area (Å²) in [6.07, 6.45) is 8.09. The summed E-state index contributed by atoms with van der Waals surface area (Å²) < 4.78 is 74.3. The van der Waals surface area contributed by atoms with Crippen LogP contribution in [0.5, 0.6) is 5.75 Å². The molecule has 0 fully saturated rings. The summed E-state index contributed by atoms with van der Waals surface area (Å²) in [5, 5.41) is 3.14. The van der Waals surface area contributed by atoms with Crippen molar-refractivity contribution in [3.63, 3.8) is 0 Å². The maximum atomic E-state index is 12.5. The first kappa shape index (κ1) is 39.2. The number of methoxy groups -OCH3 is 1. The highest BCUT2D eigenvalue weighted by molar-refractivity contribution is 5.48. The SMILES string of the molecule is CNCCCCCOCCOCCOCCOCCOCCOCCCCCC=O.COc1c(F)cc(F)cc1F. The zero-order chi connectivity index (χ0) is 30.2. The molecule has 41 heavy (non-hydrogen) atoms. The Morgan fingerprint density at radius 1 is 0.610 bits per heavy atom. The molecule has 0 aliphatic rings. The van der Waals surface area contributed by atoms with E-state index in [1.807, 2.05) is 7.05 Å². The molecule has 0 spiro atoms. The molecule has 12 heteroatoms. The van der Waals surface area contributed by atoms with Gasteiger partial charge in [0.15, 0.2) is 17.4 Å². The van der Waals surface area contributed by atoms with E-state index in [0.29, 0.717) is 84.6 Å². The summed E-state index contributed by atoms with van der Waals surface area (Å²) >= 11 is 0. The lowest BCUT2D eigenvalue weighted by molar-refractivity contribution is -0.107. The average Bonchev–Trinajstić information content (AvgIpc) is 2.95. The summed E-state index contributed by atoms with van der Waals surface area (Å²) in [6.45, 7) is 8.39. The van der Waals surface area contributed by atoms with Gasteiger partial charge >= 0.3 is 0 Å². The number of hydrogen-bond acceptors (Lipinski definition) is 9. The van der Waals surface area contributed by atoms with Crippen molar-refractivity contribution in [2.75, 3.05) is 100.0 Å². The number of unbranched alkanes of at least 4 members (excludes halogenated alkanes) is 5. The molecule has 0 unspecified atom stereocenters. The molecule has 1 aromatic rings. The monoisotopic (exact) mass is 597 g/mol. The van der Waals surface area contributed by atoms with Gasteiger partial charge in [0.1, 0.15) is 12.1 Å². The average molecular weight is 598 g/mol. The molecule has 0 aliphatic carbocycles. The largest absolute Gasteiger partial charge is 0.491 e. The first-order valence-electron chi connectivity index (χ1n) is 14.3. The van der Waals surface area contributed by atoms with Crippen LogP contribution in [0.4, 0.5) is 13.2 Å². The lowest BCUT2D eigenvalue weighted by atomic mass is 10.2. The third-order valence-electron chi connectivity index (χ3n) is 5.35. The first-order chi connectivity index (χ1) is 20.1. The maximum absolute atomic E-state index is 12.5. The molecule has 0 amide bonds. The van der Waals surface area contributed by atoms with Gasteiger partial charge in [-0.15, -0.1) is 0 Å². The van der Waals surface area contributed by atoms with Crippen LogP contribution in [0.25, 0.3) is 0 Å². The Bertz CT molecular complexity index is 696. The normalized spacial score (nSPS) is 10.9. The Morgan fingerprint density at radius 2 is 1.00 bits per heavy atom. The Labute approximate surface area is 243 Å². The fourth-order valence-corrected chi connectivity index (χ4v) is 3.22. The van der Waals surface area contributed by atoms with Gasteiger partial charge in [-0.1, -0.05) is 6.42 Å². The highest BCUT2D eigenvalue weighted by atomic mass is 19.1. The van der Waals surface area contributed by atoms with Crippen molar-refractivity contribution in [3.05, 3.63) is 29.6 Å². The van der Waals surface area contributed by atoms with Crippen LogP contribution in [-0.4, -0.2) is 106 Å². The Hall–Kier alpha value is -1.80. The molecule has 1 rings (SSSR count). The van der Waals surface area contributed by atoms with E-state index in [9.17, 15) is 18.0 Å². The lowest BCUT2D eigenvalue weighted by Gasteiger charge is -2.08. The van der Waals surface area contributed by atoms with Gasteiger partial charge in [0.25, 0.3) is 0 Å². The molecule has 9 nitrogen and oxygen atoms in total. The molecule has 0 radical (unpaired) electrons. The van der Waals surface area contributed by atoms with E-state index in [2.05, 4.69) is 10.1 Å². The molecule has 0 saturated carbocycles. The number of carbonyl (C=O) groups is 1. The van der Waals surface area contributed by atoms with Crippen molar-refractivity contribution < 1.29 is 51.1 Å². The number of benzene rings is 1. The standard InChI is InChI=1S/C22H45NO7.C7H5F3O/c1-23-9-5-4-8-12-26-14-16-28-18-20-30-22-21-29-19-17-27-15-13-25-11-7-3-2-6-10-24;1-11-7-5(9)2-4(8)3-6(7)10/h10,23H,2-9,11-22H2,1H3;2-3H,1H3. The van der Waals surface area contributed by atoms with Crippen LogP contribution >= 0.6 is 0 Å². The third kappa shape index (κ3) is 26.8. The van der Waals surface area contributed by atoms with Crippen LogP contribution in [0.2, 0.25) is 0 Å². The topological polar surface area (TPSA) is 93.7 Å². The van der Waals surface area contributed by atoms with E-state index in [0.717, 1.165) is 58.8 Å². The summed E-state index contributed by atoms with van der Waals surface area (Å²) in [7, 11) is 3.09. The van der Waals surface area contributed by atoms with Gasteiger partial charge in [-0.25, -0.2) is 13.2 Å². The summed E-state index contributed by atoms with van der Waals surface area (Å²) in [5.74, 6) is -3.60. The minimum absolute atomic E-state index is 0.553. The van der Waals surface area contributed by atoms with E-state index in [4.69, 9.17) is 28.4 Å². The number of rotatable bonds is 28. The minimum atomic E-state index is -1.04. The maximum Gasteiger partial charge on any atom is 0.190 e. The zero-order valence-electron chi connectivity index (χ0n) is 24.8. The molecule has 0 heterocycles. The van der Waals surface area contributed by atoms with Crippen molar-refractivity contribution in [2.45, 2.75) is 44.9 Å². The molecule has 0 saturated heterocycles. The highest BCUT2D eigenvalue weighted by Crippen LogP contribution is 2.21. The second kappa shape index (κ2) is 31.1. The Balaban J connectivity index is 0.00000120. The van der Waals surface area contributed by atoms with Gasteiger partial charge in [-0.05, 0) is 45.7 Å². The van der Waals surface area contributed by atoms with Crippen molar-refractivity contribution >= 4 is 6.29 Å². The second-order valence-corrected chi connectivity index (χ2v) is 8.76. The second-order valence-electron chi connectivity index (χ2n) is 8.76. The molecule has 0 atom stereocenters. The van der Waals surface area contributed by atoms with E-state index in [1.54, 1.807) is 0 Å². The fourth-order valence-electron chi connectivity index (χ4n) is 3.22. The van der Waals surface area contributed by atoms with Gasteiger partial charge in [0.05, 0.1) is 73.2 Å². The molecule has 0 bridgehead atoms. The van der Waals surface area contributed by atoms with Gasteiger partial charge in [0, 0.05) is 31.8 Å². The van der Waals surface area contributed by atoms with E-state index < -0.39 is 23.2 Å². The fraction of sp³-hybridized carbons (Fsp3) is 0.759. The van der Waals surface area contributed by atoms with E-state index in [1.165, 1.54) is 12.8 Å². The predicted octanol–water partition coefficient (Wildman–Crippen LogP) is 4.35. The number of halogens is 3. The number of aldehydes is 1. The van der Waals surface area contributed by atoms with Gasteiger partial charge in [-0.2, -0.15) is 0 Å². The summed E-state index contributed by atoms with van der Waals surface area (Å²) in [6, 6.07) is 1.11. The van der Waals surface area contributed by atoms with Crippen LogP contribution in [0.1, 0.15) is 44.9 Å². The molecule has 0 aliphatic heterocycles. The smallest absolute Gasteiger partial charge is 0.190 e. The number of hydrogen-bond donors (Lipinski definition) is 1. The quantitative estimate of drug-likeness (QED) is 0.112. The number of ether oxygens (including phenoxy) is 7. The van der Waals surface area contributed by atoms with E-state index in [-0.39, 0.29) is 0 Å². The lowest BCUT2D eigenvalue weighted by Crippen LogP contribution is -2.14. The van der Waals surface area contributed by atoms with E-state index >= 15 is 0 Å². The zero-order valence-corrected chi connectivity index (χ0v) is 24.8. The molecular formula is C29H50F3NO8. The molecule has 0 aromatic heterocycles. The van der Waals surface area contributed by atoms with Crippen LogP contribution in [-0.2, 0) is 33.2 Å². The van der Waals surface area contributed by atoms with Crippen LogP contribution < -0.4 is 10.1 Å². The molecule has 240 valence electrons. The first-order valence-corrected chi connectivity index (χ1v) is 14.3. The van der Waals surface area contributed by atoms with Gasteiger partial charge < -0.3 is 43.3 Å². The van der Waals surface area contributed by atoms with Crippen molar-refractivity contribution in [1.29, 1.82) is 0 Å². The van der Waals surface area contributed by atoms with Gasteiger partial charge in [-0.3, -0.25) is 0 Å². The van der Waals surface area contributed by atoms with Crippen molar-refractivity contribution in [2.24, 2.45) is 0 Å². The third-order valence-corrected chi connectivity index (χ3v) is 5.35.